The van der Waals surface area contributed by atoms with Gasteiger partial charge in [0.05, 0.1) is 25.1 Å². The molecule has 0 aromatic rings. The molecule has 0 aromatic carbocycles. The zero-order chi connectivity index (χ0) is 16.4. The molecule has 0 spiro atoms. The zero-order valence-corrected chi connectivity index (χ0v) is 14.4. The number of sulfonamides is 1. The van der Waals surface area contributed by atoms with Gasteiger partial charge < -0.3 is 14.4 Å². The molecule has 132 valence electrons. The van der Waals surface area contributed by atoms with E-state index in [0.717, 1.165) is 19.1 Å². The van der Waals surface area contributed by atoms with E-state index >= 15 is 0 Å². The predicted molar refractivity (Wildman–Crippen MR) is 84.4 cm³/mol. The van der Waals surface area contributed by atoms with E-state index in [4.69, 9.17) is 9.47 Å². The molecule has 2 saturated heterocycles. The van der Waals surface area contributed by atoms with Gasteiger partial charge in [0.1, 0.15) is 6.61 Å². The minimum absolute atomic E-state index is 0.0183. The van der Waals surface area contributed by atoms with Gasteiger partial charge in [-0.3, -0.25) is 4.79 Å². The molecule has 1 amide bonds. The van der Waals surface area contributed by atoms with Crippen LogP contribution in [0, 0.1) is 11.8 Å². The largest absolute Gasteiger partial charge is 0.376 e. The molecule has 3 aliphatic rings. The summed E-state index contributed by atoms with van der Waals surface area (Å²) in [4.78, 5) is 14.1. The topological polar surface area (TPSA) is 84.9 Å². The van der Waals surface area contributed by atoms with Crippen molar-refractivity contribution in [1.82, 2.24) is 9.62 Å². The van der Waals surface area contributed by atoms with Gasteiger partial charge in [0.15, 0.2) is 0 Å². The molecule has 1 N–H and O–H groups in total. The lowest BCUT2D eigenvalue weighted by molar-refractivity contribution is -0.137. The fraction of sp³-hybridized carbons (Fsp3) is 0.933. The molecule has 0 aromatic heterocycles. The van der Waals surface area contributed by atoms with Gasteiger partial charge in [-0.05, 0) is 12.8 Å². The summed E-state index contributed by atoms with van der Waals surface area (Å²) in [6, 6.07) is 0. The van der Waals surface area contributed by atoms with Crippen LogP contribution in [0.4, 0.5) is 0 Å². The number of likely N-dealkylation sites (tertiary alicyclic amines) is 1. The molecular weight excluding hydrogens is 320 g/mol. The highest BCUT2D eigenvalue weighted by Gasteiger charge is 2.45. The summed E-state index contributed by atoms with van der Waals surface area (Å²) >= 11 is 0. The minimum Gasteiger partial charge on any atom is -0.376 e. The monoisotopic (exact) mass is 346 g/mol. The first-order chi connectivity index (χ1) is 10.9. The maximum Gasteiger partial charge on any atom is 0.248 e. The third kappa shape index (κ3) is 4.43. The standard InChI is InChI=1S/C15H26N2O5S/c1-23(19,20)16-6-11-9-22-14-8-17(7-13(11)14)15(18)10-21-12-4-2-3-5-12/h11-14,16H,2-10H2,1H3/t11-,13-,14-/m1/s1. The van der Waals surface area contributed by atoms with Crippen LogP contribution >= 0.6 is 0 Å². The van der Waals surface area contributed by atoms with Gasteiger partial charge in [0, 0.05) is 31.5 Å². The van der Waals surface area contributed by atoms with E-state index in [1.807, 2.05) is 0 Å². The fourth-order valence-corrected chi connectivity index (χ4v) is 4.32. The Bertz CT molecular complexity index is 532. The van der Waals surface area contributed by atoms with Crippen molar-refractivity contribution in [3.8, 4) is 0 Å². The normalized spacial score (nSPS) is 31.7. The number of nitrogens with zero attached hydrogens (tertiary/aromatic N) is 1. The first-order valence-corrected chi connectivity index (χ1v) is 10.3. The molecule has 0 radical (unpaired) electrons. The Morgan fingerprint density at radius 1 is 1.30 bits per heavy atom. The third-order valence-electron chi connectivity index (χ3n) is 5.14. The van der Waals surface area contributed by atoms with Crippen LogP contribution in [0.25, 0.3) is 0 Å². The molecule has 8 heteroatoms. The van der Waals surface area contributed by atoms with Gasteiger partial charge in [-0.2, -0.15) is 0 Å². The smallest absolute Gasteiger partial charge is 0.248 e. The molecule has 3 atom stereocenters. The Morgan fingerprint density at radius 2 is 2.04 bits per heavy atom. The highest BCUT2D eigenvalue weighted by Crippen LogP contribution is 2.33. The van der Waals surface area contributed by atoms with Gasteiger partial charge in [-0.1, -0.05) is 12.8 Å². The van der Waals surface area contributed by atoms with Gasteiger partial charge in [0.2, 0.25) is 15.9 Å². The Labute approximate surface area is 137 Å². The molecule has 0 bridgehead atoms. The van der Waals surface area contributed by atoms with Gasteiger partial charge in [-0.15, -0.1) is 0 Å². The summed E-state index contributed by atoms with van der Waals surface area (Å²) in [5, 5.41) is 0. The van der Waals surface area contributed by atoms with Crippen LogP contribution in [0.3, 0.4) is 0 Å². The Balaban J connectivity index is 1.46. The molecule has 1 saturated carbocycles. The number of nitrogens with one attached hydrogen (secondary N) is 1. The van der Waals surface area contributed by atoms with Crippen molar-refractivity contribution in [2.75, 3.05) is 39.1 Å². The van der Waals surface area contributed by atoms with Crippen LogP contribution in [0.1, 0.15) is 25.7 Å². The molecule has 23 heavy (non-hydrogen) atoms. The number of fused-ring (bicyclic) bond motifs is 1. The summed E-state index contributed by atoms with van der Waals surface area (Å²) in [7, 11) is -3.19. The number of amides is 1. The van der Waals surface area contributed by atoms with Crippen LogP contribution < -0.4 is 4.72 Å². The van der Waals surface area contributed by atoms with Crippen LogP contribution in [0.2, 0.25) is 0 Å². The maximum atomic E-state index is 12.3. The second-order valence-electron chi connectivity index (χ2n) is 6.93. The van der Waals surface area contributed by atoms with E-state index < -0.39 is 10.0 Å². The lowest BCUT2D eigenvalue weighted by atomic mass is 9.93. The molecule has 7 nitrogen and oxygen atoms in total. The molecule has 2 aliphatic heterocycles. The Kier molecular flexibility index (Phi) is 5.25. The first kappa shape index (κ1) is 17.1. The summed E-state index contributed by atoms with van der Waals surface area (Å²) in [5.41, 5.74) is 0. The van der Waals surface area contributed by atoms with E-state index in [-0.39, 0.29) is 36.6 Å². The molecule has 1 aliphatic carbocycles. The second-order valence-corrected chi connectivity index (χ2v) is 8.77. The third-order valence-corrected chi connectivity index (χ3v) is 5.84. The number of hydrogen-bond acceptors (Lipinski definition) is 5. The van der Waals surface area contributed by atoms with Crippen LogP contribution in [-0.2, 0) is 24.3 Å². The quantitative estimate of drug-likeness (QED) is 0.730. The zero-order valence-electron chi connectivity index (χ0n) is 13.6. The maximum absolute atomic E-state index is 12.3. The number of carbonyl (C=O) groups excluding carboxylic acids is 1. The van der Waals surface area contributed by atoms with Crippen LogP contribution in [0.15, 0.2) is 0 Å². The van der Waals surface area contributed by atoms with Gasteiger partial charge in [-0.25, -0.2) is 13.1 Å². The van der Waals surface area contributed by atoms with Crippen molar-refractivity contribution in [3.05, 3.63) is 0 Å². The highest BCUT2D eigenvalue weighted by atomic mass is 32.2. The number of rotatable bonds is 6. The van der Waals surface area contributed by atoms with Crippen molar-refractivity contribution in [1.29, 1.82) is 0 Å². The van der Waals surface area contributed by atoms with E-state index in [1.165, 1.54) is 12.8 Å². The number of carbonyl (C=O) groups is 1. The first-order valence-electron chi connectivity index (χ1n) is 8.38. The lowest BCUT2D eigenvalue weighted by Gasteiger charge is -2.21. The van der Waals surface area contributed by atoms with Gasteiger partial charge >= 0.3 is 0 Å². The Hall–Kier alpha value is -0.700. The van der Waals surface area contributed by atoms with E-state index in [0.29, 0.717) is 26.2 Å². The summed E-state index contributed by atoms with van der Waals surface area (Å²) in [6.07, 6.45) is 5.92. The molecule has 0 unspecified atom stereocenters. The molecule has 3 rings (SSSR count). The van der Waals surface area contributed by atoms with Crippen molar-refractivity contribution in [2.45, 2.75) is 37.9 Å². The van der Waals surface area contributed by atoms with Crippen molar-refractivity contribution in [2.24, 2.45) is 11.8 Å². The second kappa shape index (κ2) is 7.04. The van der Waals surface area contributed by atoms with Crippen LogP contribution in [0.5, 0.6) is 0 Å². The summed E-state index contributed by atoms with van der Waals surface area (Å²) in [6.45, 7) is 2.30. The van der Waals surface area contributed by atoms with Gasteiger partial charge in [0.25, 0.3) is 0 Å². The van der Waals surface area contributed by atoms with E-state index in [2.05, 4.69) is 4.72 Å². The number of hydrogen-bond donors (Lipinski definition) is 1. The number of ether oxygens (including phenoxy) is 2. The summed E-state index contributed by atoms with van der Waals surface area (Å²) in [5.74, 6) is 0.354. The molecular formula is C15H26N2O5S. The van der Waals surface area contributed by atoms with Crippen molar-refractivity contribution < 1.29 is 22.7 Å². The minimum atomic E-state index is -3.19. The van der Waals surface area contributed by atoms with Crippen molar-refractivity contribution >= 4 is 15.9 Å². The van der Waals surface area contributed by atoms with Crippen molar-refractivity contribution in [3.63, 3.8) is 0 Å². The van der Waals surface area contributed by atoms with E-state index in [1.54, 1.807) is 4.90 Å². The molecule has 2 heterocycles. The van der Waals surface area contributed by atoms with E-state index in [9.17, 15) is 13.2 Å². The fourth-order valence-electron chi connectivity index (χ4n) is 3.81. The lowest BCUT2D eigenvalue weighted by Crippen LogP contribution is -2.36. The highest BCUT2D eigenvalue weighted by molar-refractivity contribution is 7.88. The predicted octanol–water partition coefficient (Wildman–Crippen LogP) is -0.0318. The Morgan fingerprint density at radius 3 is 2.74 bits per heavy atom. The molecule has 3 fully saturated rings. The average Bonchev–Trinajstić information content (AvgIpc) is 3.18. The average molecular weight is 346 g/mol. The van der Waals surface area contributed by atoms with Crippen LogP contribution in [-0.4, -0.2) is 70.5 Å². The SMILES string of the molecule is CS(=O)(=O)NC[C@@H]1CO[C@@H]2CN(C(=O)COC3CCCC3)C[C@H]12. The summed E-state index contributed by atoms with van der Waals surface area (Å²) < 4.78 is 36.4.